The Labute approximate surface area is 108 Å². The van der Waals surface area contributed by atoms with E-state index in [1.54, 1.807) is 0 Å². The lowest BCUT2D eigenvalue weighted by molar-refractivity contribution is -0.150. The van der Waals surface area contributed by atoms with Gasteiger partial charge in [-0.05, 0) is 37.3 Å². The lowest BCUT2D eigenvalue weighted by Gasteiger charge is -2.33. The molecule has 18 heavy (non-hydrogen) atoms. The van der Waals surface area contributed by atoms with Crippen LogP contribution in [0, 0.1) is 5.92 Å². The molecule has 1 N–H and O–H groups in total. The van der Waals surface area contributed by atoms with Crippen LogP contribution in [0.1, 0.15) is 39.0 Å². The summed E-state index contributed by atoms with van der Waals surface area (Å²) in [6.07, 6.45) is 4.66. The molecule has 102 valence electrons. The van der Waals surface area contributed by atoms with Crippen LogP contribution in [0.15, 0.2) is 5.11 Å². The number of rotatable bonds is 7. The van der Waals surface area contributed by atoms with Crippen LogP contribution in [0.4, 0.5) is 0 Å². The highest BCUT2D eigenvalue weighted by Crippen LogP contribution is 2.38. The number of carbonyl (C=O) groups is 1. The summed E-state index contributed by atoms with van der Waals surface area (Å²) < 4.78 is 4.96. The lowest BCUT2D eigenvalue weighted by atomic mass is 9.85. The van der Waals surface area contributed by atoms with Gasteiger partial charge in [0.15, 0.2) is 0 Å². The van der Waals surface area contributed by atoms with Crippen molar-refractivity contribution in [3.8, 4) is 0 Å². The third-order valence-corrected chi connectivity index (χ3v) is 3.80. The number of carbonyl (C=O) groups excluding carboxylic acids is 1. The van der Waals surface area contributed by atoms with Crippen LogP contribution in [0.25, 0.3) is 10.4 Å². The van der Waals surface area contributed by atoms with Gasteiger partial charge in [-0.15, -0.1) is 0 Å². The molecule has 0 aliphatic heterocycles. The largest absolute Gasteiger partial charge is 0.468 e. The molecule has 1 rings (SSSR count). The van der Waals surface area contributed by atoms with Gasteiger partial charge in [0.2, 0.25) is 0 Å². The van der Waals surface area contributed by atoms with Crippen molar-refractivity contribution < 1.29 is 9.53 Å². The molecule has 1 saturated carbocycles. The third kappa shape index (κ3) is 3.15. The second kappa shape index (κ2) is 7.24. The van der Waals surface area contributed by atoms with Crippen molar-refractivity contribution in [2.45, 2.75) is 44.6 Å². The fourth-order valence-electron chi connectivity index (χ4n) is 2.89. The number of nitrogens with zero attached hydrogens (tertiary/aromatic N) is 3. The van der Waals surface area contributed by atoms with E-state index in [1.807, 2.05) is 0 Å². The molecule has 0 radical (unpaired) electrons. The molecular weight excluding hydrogens is 232 g/mol. The average molecular weight is 254 g/mol. The van der Waals surface area contributed by atoms with Gasteiger partial charge in [-0.2, -0.15) is 0 Å². The van der Waals surface area contributed by atoms with E-state index in [2.05, 4.69) is 22.3 Å². The first-order valence-corrected chi connectivity index (χ1v) is 6.55. The molecule has 0 aromatic rings. The molecule has 0 spiro atoms. The Morgan fingerprint density at radius 3 is 3.06 bits per heavy atom. The Bertz CT molecular complexity index is 328. The monoisotopic (exact) mass is 254 g/mol. The third-order valence-electron chi connectivity index (χ3n) is 3.80. The van der Waals surface area contributed by atoms with Crippen LogP contribution in [0.5, 0.6) is 0 Å². The fourth-order valence-corrected chi connectivity index (χ4v) is 2.89. The molecule has 0 heterocycles. The zero-order chi connectivity index (χ0) is 13.4. The van der Waals surface area contributed by atoms with Gasteiger partial charge in [0.25, 0.3) is 0 Å². The quantitative estimate of drug-likeness (QED) is 0.249. The van der Waals surface area contributed by atoms with Gasteiger partial charge in [-0.25, -0.2) is 0 Å². The van der Waals surface area contributed by atoms with E-state index in [4.69, 9.17) is 10.3 Å². The van der Waals surface area contributed by atoms with E-state index in [0.29, 0.717) is 19.0 Å². The van der Waals surface area contributed by atoms with Gasteiger partial charge in [0.1, 0.15) is 5.54 Å². The Balaban J connectivity index is 2.61. The normalized spacial score (nSPS) is 26.7. The number of nitrogens with one attached hydrogen (secondary N) is 1. The van der Waals surface area contributed by atoms with E-state index in [1.165, 1.54) is 7.11 Å². The highest BCUT2D eigenvalue weighted by molar-refractivity contribution is 5.81. The topological polar surface area (TPSA) is 87.1 Å². The minimum absolute atomic E-state index is 0.157. The smallest absolute Gasteiger partial charge is 0.326 e. The molecule has 0 bridgehead atoms. The predicted octanol–water partition coefficient (Wildman–Crippen LogP) is 2.40. The summed E-state index contributed by atoms with van der Waals surface area (Å²) in [4.78, 5) is 14.8. The summed E-state index contributed by atoms with van der Waals surface area (Å²) in [5.41, 5.74) is 7.67. The molecule has 0 saturated heterocycles. The lowest BCUT2D eigenvalue weighted by Crippen LogP contribution is -2.55. The Kier molecular flexibility index (Phi) is 5.95. The van der Waals surface area contributed by atoms with Crippen molar-refractivity contribution in [2.75, 3.05) is 20.2 Å². The summed E-state index contributed by atoms with van der Waals surface area (Å²) in [5, 5.41) is 6.84. The number of azide groups is 1. The second-order valence-corrected chi connectivity index (χ2v) is 4.70. The number of hydrogen-bond donors (Lipinski definition) is 1. The Morgan fingerprint density at radius 1 is 1.67 bits per heavy atom. The predicted molar refractivity (Wildman–Crippen MR) is 69.0 cm³/mol. The van der Waals surface area contributed by atoms with Crippen LogP contribution >= 0.6 is 0 Å². The van der Waals surface area contributed by atoms with Crippen molar-refractivity contribution in [3.63, 3.8) is 0 Å². The highest BCUT2D eigenvalue weighted by Gasteiger charge is 2.48. The maximum Gasteiger partial charge on any atom is 0.326 e. The number of methoxy groups -OCH3 is 1. The van der Waals surface area contributed by atoms with Crippen molar-refractivity contribution in [1.29, 1.82) is 0 Å². The van der Waals surface area contributed by atoms with Crippen LogP contribution in [0.2, 0.25) is 0 Å². The van der Waals surface area contributed by atoms with E-state index in [0.717, 1.165) is 32.1 Å². The van der Waals surface area contributed by atoms with Gasteiger partial charge < -0.3 is 10.1 Å². The summed E-state index contributed by atoms with van der Waals surface area (Å²) in [6.45, 7) is 3.23. The minimum atomic E-state index is -0.528. The number of hydrogen-bond acceptors (Lipinski definition) is 4. The van der Waals surface area contributed by atoms with Crippen LogP contribution in [0.3, 0.4) is 0 Å². The summed E-state index contributed by atoms with van der Waals surface area (Å²) in [6, 6.07) is 0. The Hall–Kier alpha value is -1.26. The summed E-state index contributed by atoms with van der Waals surface area (Å²) in [7, 11) is 1.44. The van der Waals surface area contributed by atoms with E-state index < -0.39 is 5.54 Å². The SMILES string of the molecule is CCC1CCCC1(NCCCN=[N+]=[N-])C(=O)OC. The molecule has 0 aromatic carbocycles. The molecule has 6 nitrogen and oxygen atoms in total. The molecule has 0 amide bonds. The van der Waals surface area contributed by atoms with E-state index in [9.17, 15) is 4.79 Å². The standard InChI is InChI=1S/C12H22N4O2/c1-3-10-6-4-7-12(10,11(17)18-2)14-8-5-9-15-16-13/h10,14H,3-9H2,1-2H3. The minimum Gasteiger partial charge on any atom is -0.468 e. The molecule has 1 fully saturated rings. The van der Waals surface area contributed by atoms with Gasteiger partial charge in [0.05, 0.1) is 7.11 Å². The van der Waals surface area contributed by atoms with Gasteiger partial charge in [-0.3, -0.25) is 4.79 Å². The van der Waals surface area contributed by atoms with Crippen molar-refractivity contribution in [1.82, 2.24) is 5.32 Å². The van der Waals surface area contributed by atoms with E-state index >= 15 is 0 Å². The Morgan fingerprint density at radius 2 is 2.44 bits per heavy atom. The molecule has 1 aliphatic rings. The molecule has 1 aliphatic carbocycles. The van der Waals surface area contributed by atoms with Crippen LogP contribution in [-0.4, -0.2) is 31.7 Å². The average Bonchev–Trinajstić information content (AvgIpc) is 2.81. The molecule has 0 aromatic heterocycles. The number of ether oxygens (including phenoxy) is 1. The van der Waals surface area contributed by atoms with Crippen LogP contribution < -0.4 is 5.32 Å². The molecule has 6 heteroatoms. The number of esters is 1. The summed E-state index contributed by atoms with van der Waals surface area (Å²) >= 11 is 0. The first-order chi connectivity index (χ1) is 8.71. The van der Waals surface area contributed by atoms with Crippen LogP contribution in [-0.2, 0) is 9.53 Å². The molecule has 2 atom stereocenters. The van der Waals surface area contributed by atoms with Gasteiger partial charge in [0, 0.05) is 11.5 Å². The zero-order valence-corrected chi connectivity index (χ0v) is 11.2. The van der Waals surface area contributed by atoms with Crippen molar-refractivity contribution in [2.24, 2.45) is 11.0 Å². The van der Waals surface area contributed by atoms with Gasteiger partial charge >= 0.3 is 5.97 Å². The highest BCUT2D eigenvalue weighted by atomic mass is 16.5. The van der Waals surface area contributed by atoms with Crippen molar-refractivity contribution in [3.05, 3.63) is 10.4 Å². The zero-order valence-electron chi connectivity index (χ0n) is 11.2. The first kappa shape index (κ1) is 14.8. The van der Waals surface area contributed by atoms with Gasteiger partial charge in [-0.1, -0.05) is 24.9 Å². The fraction of sp³-hybridized carbons (Fsp3) is 0.917. The maximum absolute atomic E-state index is 12.1. The van der Waals surface area contributed by atoms with E-state index in [-0.39, 0.29) is 5.97 Å². The maximum atomic E-state index is 12.1. The molecule has 2 unspecified atom stereocenters. The first-order valence-electron chi connectivity index (χ1n) is 6.55. The van der Waals surface area contributed by atoms with Crippen molar-refractivity contribution >= 4 is 5.97 Å². The molecular formula is C12H22N4O2. The second-order valence-electron chi connectivity index (χ2n) is 4.70. The summed E-state index contributed by atoms with van der Waals surface area (Å²) in [5.74, 6) is 0.181.